The predicted molar refractivity (Wildman–Crippen MR) is 84.4 cm³/mol. The Labute approximate surface area is 121 Å². The standard InChI is InChI=1S/C17H16N2O2/c1-10(20)14(18)9-11-6-7-16-13(8-11)17(21)12-4-2-3-5-15(12)19-16/h2-8,14H,9,18H2,1H3,(H,19,21)/t14-/m0/s1. The second kappa shape index (κ2) is 5.14. The topological polar surface area (TPSA) is 76.0 Å². The van der Waals surface area contributed by atoms with Crippen molar-refractivity contribution >= 4 is 27.6 Å². The summed E-state index contributed by atoms with van der Waals surface area (Å²) in [7, 11) is 0. The molecule has 0 amide bonds. The summed E-state index contributed by atoms with van der Waals surface area (Å²) in [5, 5.41) is 1.29. The van der Waals surface area contributed by atoms with Crippen LogP contribution in [0.1, 0.15) is 12.5 Å². The molecule has 0 aliphatic carbocycles. The number of aromatic nitrogens is 1. The van der Waals surface area contributed by atoms with Crippen LogP contribution in [0.4, 0.5) is 0 Å². The van der Waals surface area contributed by atoms with Gasteiger partial charge in [-0.05, 0) is 43.2 Å². The average Bonchev–Trinajstić information content (AvgIpc) is 2.48. The molecule has 1 atom stereocenters. The first-order chi connectivity index (χ1) is 10.1. The van der Waals surface area contributed by atoms with Crippen molar-refractivity contribution in [2.45, 2.75) is 19.4 Å². The minimum atomic E-state index is -0.526. The molecule has 0 fully saturated rings. The summed E-state index contributed by atoms with van der Waals surface area (Å²) in [4.78, 5) is 27.1. The molecule has 106 valence electrons. The quantitative estimate of drug-likeness (QED) is 0.722. The normalized spacial score (nSPS) is 12.7. The first-order valence-corrected chi connectivity index (χ1v) is 6.86. The van der Waals surface area contributed by atoms with E-state index < -0.39 is 6.04 Å². The van der Waals surface area contributed by atoms with E-state index in [0.717, 1.165) is 16.6 Å². The molecule has 0 saturated carbocycles. The van der Waals surface area contributed by atoms with Gasteiger partial charge in [0, 0.05) is 21.8 Å². The molecule has 1 aromatic heterocycles. The monoisotopic (exact) mass is 280 g/mol. The fraction of sp³-hybridized carbons (Fsp3) is 0.176. The zero-order chi connectivity index (χ0) is 15.0. The van der Waals surface area contributed by atoms with Crippen LogP contribution in [0.5, 0.6) is 0 Å². The lowest BCUT2D eigenvalue weighted by atomic mass is 10.0. The number of nitrogens with two attached hydrogens (primary N) is 1. The number of rotatable bonds is 3. The third kappa shape index (κ3) is 2.45. The van der Waals surface area contributed by atoms with E-state index in [2.05, 4.69) is 4.98 Å². The van der Waals surface area contributed by atoms with Crippen LogP contribution in [-0.2, 0) is 11.2 Å². The zero-order valence-electron chi connectivity index (χ0n) is 11.7. The Morgan fingerprint density at radius 2 is 1.86 bits per heavy atom. The molecule has 4 nitrogen and oxygen atoms in total. The lowest BCUT2D eigenvalue weighted by Crippen LogP contribution is -2.30. The highest BCUT2D eigenvalue weighted by atomic mass is 16.1. The van der Waals surface area contributed by atoms with Gasteiger partial charge in [-0.3, -0.25) is 9.59 Å². The van der Waals surface area contributed by atoms with E-state index >= 15 is 0 Å². The van der Waals surface area contributed by atoms with Gasteiger partial charge >= 0.3 is 0 Å². The third-order valence-electron chi connectivity index (χ3n) is 3.75. The molecular weight excluding hydrogens is 264 g/mol. The number of hydrogen-bond donors (Lipinski definition) is 2. The fourth-order valence-corrected chi connectivity index (χ4v) is 2.49. The number of benzene rings is 2. The Bertz CT molecular complexity index is 896. The van der Waals surface area contributed by atoms with Crippen molar-refractivity contribution in [3.05, 3.63) is 58.3 Å². The van der Waals surface area contributed by atoms with Crippen LogP contribution in [0.2, 0.25) is 0 Å². The van der Waals surface area contributed by atoms with Gasteiger partial charge in [-0.15, -0.1) is 0 Å². The number of fused-ring (bicyclic) bond motifs is 2. The summed E-state index contributed by atoms with van der Waals surface area (Å²) in [5.74, 6) is -0.0532. The smallest absolute Gasteiger partial charge is 0.197 e. The van der Waals surface area contributed by atoms with E-state index in [9.17, 15) is 9.59 Å². The molecule has 0 radical (unpaired) electrons. The SMILES string of the molecule is CC(=O)[C@@H](N)Cc1ccc2[nH]c3ccccc3c(=O)c2c1. The molecule has 0 spiro atoms. The fourth-order valence-electron chi connectivity index (χ4n) is 2.49. The predicted octanol–water partition coefficient (Wildman–Crippen LogP) is 2.14. The third-order valence-corrected chi connectivity index (χ3v) is 3.75. The molecule has 0 aliphatic heterocycles. The van der Waals surface area contributed by atoms with Crippen LogP contribution in [0.25, 0.3) is 21.8 Å². The molecule has 21 heavy (non-hydrogen) atoms. The van der Waals surface area contributed by atoms with Crippen molar-refractivity contribution in [1.82, 2.24) is 4.98 Å². The van der Waals surface area contributed by atoms with Gasteiger partial charge < -0.3 is 10.7 Å². The average molecular weight is 280 g/mol. The highest BCUT2D eigenvalue weighted by molar-refractivity contribution is 5.92. The van der Waals surface area contributed by atoms with Crippen LogP contribution in [-0.4, -0.2) is 16.8 Å². The van der Waals surface area contributed by atoms with Gasteiger partial charge in [0.15, 0.2) is 5.43 Å². The number of H-pyrrole nitrogens is 1. The number of nitrogens with one attached hydrogen (secondary N) is 1. The van der Waals surface area contributed by atoms with E-state index in [1.165, 1.54) is 6.92 Å². The van der Waals surface area contributed by atoms with Crippen LogP contribution in [0.3, 0.4) is 0 Å². The molecule has 3 N–H and O–H groups in total. The van der Waals surface area contributed by atoms with Crippen molar-refractivity contribution in [1.29, 1.82) is 0 Å². The Kier molecular flexibility index (Phi) is 3.31. The molecule has 1 heterocycles. The lowest BCUT2D eigenvalue weighted by molar-refractivity contribution is -0.118. The summed E-state index contributed by atoms with van der Waals surface area (Å²) in [5.41, 5.74) is 8.29. The summed E-state index contributed by atoms with van der Waals surface area (Å²) in [6.45, 7) is 1.48. The van der Waals surface area contributed by atoms with Gasteiger partial charge in [0.1, 0.15) is 5.78 Å². The van der Waals surface area contributed by atoms with E-state index in [1.807, 2.05) is 42.5 Å². The van der Waals surface area contributed by atoms with Crippen LogP contribution in [0.15, 0.2) is 47.3 Å². The number of Topliss-reactive ketones (excluding diaryl/α,β-unsaturated/α-hetero) is 1. The highest BCUT2D eigenvalue weighted by Gasteiger charge is 2.11. The molecule has 0 bridgehead atoms. The number of ketones is 1. The molecule has 2 aromatic carbocycles. The van der Waals surface area contributed by atoms with Crippen molar-refractivity contribution in [2.24, 2.45) is 5.73 Å². The van der Waals surface area contributed by atoms with Gasteiger partial charge in [0.2, 0.25) is 0 Å². The van der Waals surface area contributed by atoms with Gasteiger partial charge in [-0.1, -0.05) is 18.2 Å². The molecule has 0 aliphatic rings. The van der Waals surface area contributed by atoms with Crippen molar-refractivity contribution < 1.29 is 4.79 Å². The van der Waals surface area contributed by atoms with Gasteiger partial charge in [0.05, 0.1) is 6.04 Å². The number of hydrogen-bond acceptors (Lipinski definition) is 3. The number of carbonyl (C=O) groups is 1. The summed E-state index contributed by atoms with van der Waals surface area (Å²) < 4.78 is 0. The zero-order valence-corrected chi connectivity index (χ0v) is 11.7. The first-order valence-electron chi connectivity index (χ1n) is 6.86. The maximum Gasteiger partial charge on any atom is 0.197 e. The molecule has 3 aromatic rings. The van der Waals surface area contributed by atoms with E-state index in [0.29, 0.717) is 17.2 Å². The largest absolute Gasteiger partial charge is 0.354 e. The van der Waals surface area contributed by atoms with Crippen molar-refractivity contribution in [2.75, 3.05) is 0 Å². The van der Waals surface area contributed by atoms with Gasteiger partial charge in [-0.25, -0.2) is 0 Å². The lowest BCUT2D eigenvalue weighted by Gasteiger charge is -2.09. The molecular formula is C17H16N2O2. The Balaban J connectivity index is 2.17. The van der Waals surface area contributed by atoms with Gasteiger partial charge in [0.25, 0.3) is 0 Å². The Morgan fingerprint density at radius 1 is 1.14 bits per heavy atom. The van der Waals surface area contributed by atoms with Crippen LogP contribution >= 0.6 is 0 Å². The molecule has 3 rings (SSSR count). The first kappa shape index (κ1) is 13.5. The molecule has 4 heteroatoms. The summed E-state index contributed by atoms with van der Waals surface area (Å²) in [6.07, 6.45) is 0.442. The minimum Gasteiger partial charge on any atom is -0.354 e. The van der Waals surface area contributed by atoms with E-state index in [4.69, 9.17) is 5.73 Å². The highest BCUT2D eigenvalue weighted by Crippen LogP contribution is 2.16. The number of carbonyl (C=O) groups excluding carboxylic acids is 1. The number of aromatic amines is 1. The minimum absolute atomic E-state index is 0.00223. The maximum atomic E-state index is 12.5. The maximum absolute atomic E-state index is 12.5. The van der Waals surface area contributed by atoms with E-state index in [-0.39, 0.29) is 11.2 Å². The van der Waals surface area contributed by atoms with E-state index in [1.54, 1.807) is 0 Å². The van der Waals surface area contributed by atoms with Crippen LogP contribution < -0.4 is 11.2 Å². The Hall–Kier alpha value is -2.46. The Morgan fingerprint density at radius 3 is 2.62 bits per heavy atom. The second-order valence-corrected chi connectivity index (χ2v) is 5.30. The number of pyridine rings is 1. The van der Waals surface area contributed by atoms with Gasteiger partial charge in [-0.2, -0.15) is 0 Å². The summed E-state index contributed by atoms with van der Waals surface area (Å²) in [6, 6.07) is 12.5. The summed E-state index contributed by atoms with van der Waals surface area (Å²) >= 11 is 0. The number of para-hydroxylation sites is 1. The van der Waals surface area contributed by atoms with Crippen molar-refractivity contribution in [3.63, 3.8) is 0 Å². The van der Waals surface area contributed by atoms with Crippen molar-refractivity contribution in [3.8, 4) is 0 Å². The second-order valence-electron chi connectivity index (χ2n) is 5.30. The molecule has 0 saturated heterocycles. The molecule has 0 unspecified atom stereocenters. The van der Waals surface area contributed by atoms with Crippen LogP contribution in [0, 0.1) is 0 Å².